The van der Waals surface area contributed by atoms with Gasteiger partial charge in [0.15, 0.2) is 6.04 Å². The Labute approximate surface area is 130 Å². The molecular formula is C16H14BrNO3. The number of hydrogen-bond donors (Lipinski definition) is 2. The number of carboxylic acid groups (broad SMARTS) is 1. The third-order valence-electron chi connectivity index (χ3n) is 3.10. The first-order valence-corrected chi connectivity index (χ1v) is 7.13. The van der Waals surface area contributed by atoms with Gasteiger partial charge in [0, 0.05) is 10.0 Å². The number of amides is 1. The highest BCUT2D eigenvalue weighted by Gasteiger charge is 2.23. The van der Waals surface area contributed by atoms with Gasteiger partial charge in [-0.2, -0.15) is 0 Å². The highest BCUT2D eigenvalue weighted by Crippen LogP contribution is 2.18. The molecule has 0 bridgehead atoms. The number of nitrogens with one attached hydrogen (secondary N) is 1. The SMILES string of the molecule is Cc1ccc(Br)cc1C(=O)N[C@H](C(=O)O)c1ccccc1. The Bertz CT molecular complexity index is 670. The first-order valence-electron chi connectivity index (χ1n) is 6.34. The third kappa shape index (κ3) is 3.70. The number of carbonyl (C=O) groups excluding carboxylic acids is 1. The molecule has 1 amide bonds. The maximum Gasteiger partial charge on any atom is 0.330 e. The summed E-state index contributed by atoms with van der Waals surface area (Å²) >= 11 is 3.31. The highest BCUT2D eigenvalue weighted by molar-refractivity contribution is 9.10. The van der Waals surface area contributed by atoms with Gasteiger partial charge in [-0.1, -0.05) is 52.3 Å². The van der Waals surface area contributed by atoms with Crippen molar-refractivity contribution in [2.75, 3.05) is 0 Å². The Kier molecular flexibility index (Phi) is 4.75. The van der Waals surface area contributed by atoms with Gasteiger partial charge in [-0.3, -0.25) is 4.79 Å². The van der Waals surface area contributed by atoms with E-state index in [4.69, 9.17) is 0 Å². The fourth-order valence-corrected chi connectivity index (χ4v) is 2.34. The van der Waals surface area contributed by atoms with E-state index in [2.05, 4.69) is 21.2 Å². The second-order valence-electron chi connectivity index (χ2n) is 4.61. The van der Waals surface area contributed by atoms with Crippen LogP contribution in [0.4, 0.5) is 0 Å². The van der Waals surface area contributed by atoms with Gasteiger partial charge in [0.1, 0.15) is 0 Å². The number of aryl methyl sites for hydroxylation is 1. The normalized spacial score (nSPS) is 11.7. The molecule has 0 aliphatic rings. The van der Waals surface area contributed by atoms with E-state index in [0.29, 0.717) is 11.1 Å². The zero-order chi connectivity index (χ0) is 15.4. The van der Waals surface area contributed by atoms with E-state index in [9.17, 15) is 14.7 Å². The van der Waals surface area contributed by atoms with Crippen molar-refractivity contribution < 1.29 is 14.7 Å². The van der Waals surface area contributed by atoms with Gasteiger partial charge in [0.25, 0.3) is 5.91 Å². The number of benzene rings is 2. The minimum absolute atomic E-state index is 0.412. The molecule has 2 aromatic rings. The molecule has 108 valence electrons. The molecule has 0 radical (unpaired) electrons. The van der Waals surface area contributed by atoms with E-state index in [1.54, 1.807) is 49.4 Å². The van der Waals surface area contributed by atoms with Gasteiger partial charge in [-0.05, 0) is 30.2 Å². The van der Waals surface area contributed by atoms with E-state index >= 15 is 0 Å². The Balaban J connectivity index is 2.27. The van der Waals surface area contributed by atoms with E-state index < -0.39 is 17.9 Å². The van der Waals surface area contributed by atoms with Crippen molar-refractivity contribution in [2.45, 2.75) is 13.0 Å². The average Bonchev–Trinajstić information content (AvgIpc) is 2.47. The summed E-state index contributed by atoms with van der Waals surface area (Å²) in [5, 5.41) is 11.9. The molecule has 2 rings (SSSR count). The lowest BCUT2D eigenvalue weighted by atomic mass is 10.0. The standard InChI is InChI=1S/C16H14BrNO3/c1-10-7-8-12(17)9-13(10)15(19)18-14(16(20)21)11-5-3-2-4-6-11/h2-9,14H,1H3,(H,18,19)(H,20,21)/t14-/m0/s1. The third-order valence-corrected chi connectivity index (χ3v) is 3.59. The van der Waals surface area contributed by atoms with Crippen LogP contribution in [-0.2, 0) is 4.79 Å². The van der Waals surface area contributed by atoms with Crippen LogP contribution < -0.4 is 5.32 Å². The average molecular weight is 348 g/mol. The Hall–Kier alpha value is -2.14. The summed E-state index contributed by atoms with van der Waals surface area (Å²) in [4.78, 5) is 23.7. The molecule has 1 atom stereocenters. The van der Waals surface area contributed by atoms with Crippen LogP contribution in [0, 0.1) is 6.92 Å². The van der Waals surface area contributed by atoms with E-state index in [0.717, 1.165) is 10.0 Å². The zero-order valence-electron chi connectivity index (χ0n) is 11.3. The molecule has 0 spiro atoms. The maximum atomic E-state index is 12.3. The fourth-order valence-electron chi connectivity index (χ4n) is 1.98. The molecule has 5 heteroatoms. The molecule has 2 N–H and O–H groups in total. The van der Waals surface area contributed by atoms with Crippen LogP contribution in [0.3, 0.4) is 0 Å². The Morgan fingerprint density at radius 3 is 2.43 bits per heavy atom. The highest BCUT2D eigenvalue weighted by atomic mass is 79.9. The molecule has 0 heterocycles. The van der Waals surface area contributed by atoms with Crippen LogP contribution in [-0.4, -0.2) is 17.0 Å². The second kappa shape index (κ2) is 6.54. The monoisotopic (exact) mass is 347 g/mol. The van der Waals surface area contributed by atoms with Crippen molar-refractivity contribution in [1.82, 2.24) is 5.32 Å². The van der Waals surface area contributed by atoms with Crippen molar-refractivity contribution in [1.29, 1.82) is 0 Å². The molecule has 0 saturated heterocycles. The van der Waals surface area contributed by atoms with Crippen LogP contribution in [0.15, 0.2) is 53.0 Å². The summed E-state index contributed by atoms with van der Waals surface area (Å²) in [5.41, 5.74) is 1.77. The van der Waals surface area contributed by atoms with Crippen molar-refractivity contribution in [3.8, 4) is 0 Å². The van der Waals surface area contributed by atoms with Gasteiger partial charge in [-0.15, -0.1) is 0 Å². The van der Waals surface area contributed by atoms with Gasteiger partial charge in [0.05, 0.1) is 0 Å². The first-order chi connectivity index (χ1) is 9.99. The lowest BCUT2D eigenvalue weighted by Gasteiger charge is -2.16. The number of hydrogen-bond acceptors (Lipinski definition) is 2. The van der Waals surface area contributed by atoms with Gasteiger partial charge < -0.3 is 10.4 Å². The van der Waals surface area contributed by atoms with Crippen LogP contribution in [0.25, 0.3) is 0 Å². The van der Waals surface area contributed by atoms with E-state index in [1.807, 2.05) is 6.07 Å². The molecule has 0 saturated carbocycles. The molecule has 2 aromatic carbocycles. The largest absolute Gasteiger partial charge is 0.479 e. The second-order valence-corrected chi connectivity index (χ2v) is 5.53. The predicted octanol–water partition coefficient (Wildman–Crippen LogP) is 3.31. The summed E-state index contributed by atoms with van der Waals surface area (Å²) in [7, 11) is 0. The van der Waals surface area contributed by atoms with Crippen LogP contribution in [0.5, 0.6) is 0 Å². The fraction of sp³-hybridized carbons (Fsp3) is 0.125. The number of carboxylic acids is 1. The summed E-state index contributed by atoms with van der Waals surface area (Å²) in [6.45, 7) is 1.81. The summed E-state index contributed by atoms with van der Waals surface area (Å²) in [5.74, 6) is -1.51. The quantitative estimate of drug-likeness (QED) is 0.891. The zero-order valence-corrected chi connectivity index (χ0v) is 12.9. The first kappa shape index (κ1) is 15.3. The lowest BCUT2D eigenvalue weighted by molar-refractivity contribution is -0.139. The van der Waals surface area contributed by atoms with Gasteiger partial charge in [0.2, 0.25) is 0 Å². The predicted molar refractivity (Wildman–Crippen MR) is 83.2 cm³/mol. The number of halogens is 1. The molecule has 4 nitrogen and oxygen atoms in total. The van der Waals surface area contributed by atoms with Crippen molar-refractivity contribution in [2.24, 2.45) is 0 Å². The molecule has 21 heavy (non-hydrogen) atoms. The van der Waals surface area contributed by atoms with Crippen molar-refractivity contribution >= 4 is 27.8 Å². The summed E-state index contributed by atoms with van der Waals surface area (Å²) in [6, 6.07) is 12.9. The Morgan fingerprint density at radius 1 is 1.14 bits per heavy atom. The summed E-state index contributed by atoms with van der Waals surface area (Å²) < 4.78 is 0.768. The minimum atomic E-state index is -1.10. The van der Waals surface area contributed by atoms with Crippen LogP contribution in [0.2, 0.25) is 0 Å². The van der Waals surface area contributed by atoms with Crippen molar-refractivity contribution in [3.63, 3.8) is 0 Å². The molecule has 0 aromatic heterocycles. The Morgan fingerprint density at radius 2 is 1.81 bits per heavy atom. The molecule has 0 fully saturated rings. The molecule has 0 unspecified atom stereocenters. The molecule has 0 aliphatic carbocycles. The number of aliphatic carboxylic acids is 1. The van der Waals surface area contributed by atoms with Gasteiger partial charge in [-0.25, -0.2) is 4.79 Å². The molecular weight excluding hydrogens is 334 g/mol. The van der Waals surface area contributed by atoms with Crippen molar-refractivity contribution in [3.05, 3.63) is 69.7 Å². The van der Waals surface area contributed by atoms with Gasteiger partial charge >= 0.3 is 5.97 Å². The van der Waals surface area contributed by atoms with Crippen LogP contribution in [0.1, 0.15) is 27.5 Å². The number of rotatable bonds is 4. The maximum absolute atomic E-state index is 12.3. The smallest absolute Gasteiger partial charge is 0.330 e. The number of carbonyl (C=O) groups is 2. The molecule has 0 aliphatic heterocycles. The van der Waals surface area contributed by atoms with E-state index in [1.165, 1.54) is 0 Å². The van der Waals surface area contributed by atoms with Crippen LogP contribution >= 0.6 is 15.9 Å². The minimum Gasteiger partial charge on any atom is -0.479 e. The van der Waals surface area contributed by atoms with E-state index in [-0.39, 0.29) is 0 Å². The topological polar surface area (TPSA) is 66.4 Å². The summed E-state index contributed by atoms with van der Waals surface area (Å²) in [6.07, 6.45) is 0. The lowest BCUT2D eigenvalue weighted by Crippen LogP contribution is -2.34.